The molecule has 0 aromatic carbocycles. The van der Waals surface area contributed by atoms with Gasteiger partial charge in [-0.2, -0.15) is 0 Å². The van der Waals surface area contributed by atoms with Crippen LogP contribution in [0.5, 0.6) is 0 Å². The second-order valence-corrected chi connectivity index (χ2v) is 5.43. The van der Waals surface area contributed by atoms with Crippen molar-refractivity contribution in [2.24, 2.45) is 5.92 Å². The van der Waals surface area contributed by atoms with Crippen molar-refractivity contribution in [3.63, 3.8) is 0 Å². The Morgan fingerprint density at radius 2 is 1.93 bits per heavy atom. The van der Waals surface area contributed by atoms with E-state index in [1.54, 1.807) is 0 Å². The third-order valence-electron chi connectivity index (χ3n) is 4.12. The highest BCUT2D eigenvalue weighted by Crippen LogP contribution is 2.38. The lowest BCUT2D eigenvalue weighted by atomic mass is 9.85. The zero-order chi connectivity index (χ0) is 10.1. The minimum absolute atomic E-state index is 0.818. The molecule has 82 valence electrons. The molecule has 2 fully saturated rings. The summed E-state index contributed by atoms with van der Waals surface area (Å²) in [6.07, 6.45) is 7.31. The van der Waals surface area contributed by atoms with Crippen LogP contribution in [0.15, 0.2) is 0 Å². The molecule has 1 aliphatic carbocycles. The number of nitrogens with zero attached hydrogens (tertiary/aromatic N) is 2. The van der Waals surface area contributed by atoms with Gasteiger partial charge in [0, 0.05) is 18.6 Å². The Balaban J connectivity index is 1.95. The van der Waals surface area contributed by atoms with Crippen LogP contribution in [0.25, 0.3) is 0 Å². The molecule has 2 aliphatic rings. The first kappa shape index (κ1) is 10.4. The summed E-state index contributed by atoms with van der Waals surface area (Å²) in [6.45, 7) is 1.24. The third-order valence-corrected chi connectivity index (χ3v) is 4.12. The molecule has 0 aromatic heterocycles. The molecule has 0 amide bonds. The topological polar surface area (TPSA) is 6.48 Å². The molecule has 14 heavy (non-hydrogen) atoms. The molecule has 2 heteroatoms. The summed E-state index contributed by atoms with van der Waals surface area (Å²) in [6, 6.07) is 1.73. The predicted molar refractivity (Wildman–Crippen MR) is 60.5 cm³/mol. The molecule has 0 bridgehead atoms. The lowest BCUT2D eigenvalue weighted by Gasteiger charge is -2.31. The summed E-state index contributed by atoms with van der Waals surface area (Å²) in [5, 5.41) is 0. The number of hydrogen-bond donors (Lipinski definition) is 0. The van der Waals surface area contributed by atoms with Crippen molar-refractivity contribution in [2.45, 2.75) is 44.2 Å². The Labute approximate surface area is 88.3 Å². The smallest absolute Gasteiger partial charge is 0.0226 e. The highest BCUT2D eigenvalue weighted by atomic mass is 15.2. The summed E-state index contributed by atoms with van der Waals surface area (Å²) in [5.74, 6) is 1.01. The second-order valence-electron chi connectivity index (χ2n) is 5.43. The minimum Gasteiger partial charge on any atom is -0.308 e. The van der Waals surface area contributed by atoms with Crippen LogP contribution in [0.3, 0.4) is 0 Å². The lowest BCUT2D eigenvalue weighted by molar-refractivity contribution is 0.168. The van der Waals surface area contributed by atoms with Gasteiger partial charge >= 0.3 is 0 Å². The van der Waals surface area contributed by atoms with Crippen molar-refractivity contribution in [1.29, 1.82) is 0 Å². The van der Waals surface area contributed by atoms with Gasteiger partial charge in [0.2, 0.25) is 0 Å². The third kappa shape index (κ3) is 1.96. The van der Waals surface area contributed by atoms with E-state index in [4.69, 9.17) is 0 Å². The van der Waals surface area contributed by atoms with Gasteiger partial charge in [-0.05, 0) is 46.3 Å². The number of fused-ring (bicyclic) bond motifs is 1. The predicted octanol–water partition coefficient (Wildman–Crippen LogP) is 1.81. The van der Waals surface area contributed by atoms with Crippen molar-refractivity contribution in [3.8, 4) is 0 Å². The Morgan fingerprint density at radius 1 is 1.21 bits per heavy atom. The Hall–Kier alpha value is -0.0800. The van der Waals surface area contributed by atoms with Gasteiger partial charge in [-0.25, -0.2) is 0 Å². The van der Waals surface area contributed by atoms with Crippen molar-refractivity contribution in [3.05, 3.63) is 0 Å². The summed E-state index contributed by atoms with van der Waals surface area (Å²) in [5.41, 5.74) is 0. The number of likely N-dealkylation sites (tertiary alicyclic amines) is 1. The van der Waals surface area contributed by atoms with E-state index in [9.17, 15) is 0 Å². The van der Waals surface area contributed by atoms with Crippen LogP contribution in [0.2, 0.25) is 0 Å². The molecule has 1 heterocycles. The van der Waals surface area contributed by atoms with Crippen LogP contribution in [0, 0.1) is 5.92 Å². The molecule has 2 nitrogen and oxygen atoms in total. The first-order valence-corrected chi connectivity index (χ1v) is 6.05. The van der Waals surface area contributed by atoms with E-state index in [2.05, 4.69) is 30.9 Å². The van der Waals surface area contributed by atoms with Gasteiger partial charge in [0.1, 0.15) is 0 Å². The van der Waals surface area contributed by atoms with Crippen molar-refractivity contribution in [1.82, 2.24) is 9.80 Å². The van der Waals surface area contributed by atoms with Gasteiger partial charge in [-0.15, -0.1) is 0 Å². The molecule has 1 saturated heterocycles. The van der Waals surface area contributed by atoms with Gasteiger partial charge in [-0.3, -0.25) is 4.90 Å². The van der Waals surface area contributed by atoms with E-state index in [-0.39, 0.29) is 0 Å². The number of likely N-dealkylation sites (N-methyl/N-ethyl adjacent to an activating group) is 2. The van der Waals surface area contributed by atoms with Gasteiger partial charge < -0.3 is 4.90 Å². The Bertz CT molecular complexity index is 191. The zero-order valence-corrected chi connectivity index (χ0v) is 9.87. The molecule has 1 aliphatic heterocycles. The fourth-order valence-corrected chi connectivity index (χ4v) is 3.41. The van der Waals surface area contributed by atoms with Crippen LogP contribution >= 0.6 is 0 Å². The molecule has 0 N–H and O–H groups in total. The van der Waals surface area contributed by atoms with E-state index in [1.165, 1.54) is 38.6 Å². The molecular weight excluding hydrogens is 172 g/mol. The van der Waals surface area contributed by atoms with E-state index in [0.29, 0.717) is 0 Å². The highest BCUT2D eigenvalue weighted by molar-refractivity contribution is 4.94. The average Bonchev–Trinajstić information content (AvgIpc) is 2.44. The van der Waals surface area contributed by atoms with Gasteiger partial charge in [-0.1, -0.05) is 12.8 Å². The molecule has 0 aromatic rings. The molecule has 1 saturated carbocycles. The number of hydrogen-bond acceptors (Lipinski definition) is 2. The van der Waals surface area contributed by atoms with Gasteiger partial charge in [0.25, 0.3) is 0 Å². The fraction of sp³-hybridized carbons (Fsp3) is 1.00. The van der Waals surface area contributed by atoms with Crippen LogP contribution in [-0.4, -0.2) is 49.6 Å². The summed E-state index contributed by atoms with van der Waals surface area (Å²) in [4.78, 5) is 4.99. The quantitative estimate of drug-likeness (QED) is 0.664. The van der Waals surface area contributed by atoms with Crippen LogP contribution in [-0.2, 0) is 0 Å². The Kier molecular flexibility index (Phi) is 3.13. The van der Waals surface area contributed by atoms with Crippen molar-refractivity contribution >= 4 is 0 Å². The van der Waals surface area contributed by atoms with Crippen molar-refractivity contribution < 1.29 is 0 Å². The molecule has 2 rings (SSSR count). The average molecular weight is 196 g/mol. The van der Waals surface area contributed by atoms with E-state index in [1.807, 2.05) is 0 Å². The first-order chi connectivity index (χ1) is 6.68. The Morgan fingerprint density at radius 3 is 2.57 bits per heavy atom. The highest BCUT2D eigenvalue weighted by Gasteiger charge is 2.39. The number of rotatable bonds is 2. The van der Waals surface area contributed by atoms with Gasteiger partial charge in [0.05, 0.1) is 0 Å². The molecule has 0 unspecified atom stereocenters. The second kappa shape index (κ2) is 4.19. The fourth-order valence-electron chi connectivity index (χ4n) is 3.41. The van der Waals surface area contributed by atoms with E-state index in [0.717, 1.165) is 18.0 Å². The molecule has 3 atom stereocenters. The molecule has 0 spiro atoms. The van der Waals surface area contributed by atoms with Crippen molar-refractivity contribution in [2.75, 3.05) is 27.7 Å². The summed E-state index contributed by atoms with van der Waals surface area (Å²) >= 11 is 0. The largest absolute Gasteiger partial charge is 0.308 e. The maximum Gasteiger partial charge on any atom is 0.0226 e. The SMILES string of the molecule is CN(C)C[C@@H]1C[C@H]2CCCC[C@H]2N1C. The van der Waals surface area contributed by atoms with Gasteiger partial charge in [0.15, 0.2) is 0 Å². The summed E-state index contributed by atoms with van der Waals surface area (Å²) < 4.78 is 0. The standard InChI is InChI=1S/C12H24N2/c1-13(2)9-11-8-10-6-4-5-7-12(10)14(11)3/h10-12H,4-9H2,1-3H3/t10-,11+,12-/m1/s1. The summed E-state index contributed by atoms with van der Waals surface area (Å²) in [7, 11) is 6.72. The molecular formula is C12H24N2. The normalized spacial score (nSPS) is 39.0. The van der Waals surface area contributed by atoms with E-state index >= 15 is 0 Å². The zero-order valence-electron chi connectivity index (χ0n) is 9.87. The first-order valence-electron chi connectivity index (χ1n) is 6.05. The lowest BCUT2D eigenvalue weighted by Crippen LogP contribution is -2.39. The van der Waals surface area contributed by atoms with E-state index < -0.39 is 0 Å². The molecule has 0 radical (unpaired) electrons. The minimum atomic E-state index is 0.818. The van der Waals surface area contributed by atoms with Crippen LogP contribution < -0.4 is 0 Å². The van der Waals surface area contributed by atoms with Crippen LogP contribution in [0.4, 0.5) is 0 Å². The van der Waals surface area contributed by atoms with Crippen LogP contribution in [0.1, 0.15) is 32.1 Å². The maximum atomic E-state index is 2.66. The maximum absolute atomic E-state index is 2.66. The monoisotopic (exact) mass is 196 g/mol.